The summed E-state index contributed by atoms with van der Waals surface area (Å²) in [7, 11) is 2.10. The van der Waals surface area contributed by atoms with Crippen molar-refractivity contribution in [2.45, 2.75) is 51.0 Å². The summed E-state index contributed by atoms with van der Waals surface area (Å²) in [6, 6.07) is 10.3. The maximum absolute atomic E-state index is 13.1. The molecule has 3 aliphatic heterocycles. The summed E-state index contributed by atoms with van der Waals surface area (Å²) >= 11 is 0. The van der Waals surface area contributed by atoms with Gasteiger partial charge in [0, 0.05) is 37.2 Å². The Morgan fingerprint density at radius 2 is 1.89 bits per heavy atom. The first-order valence-corrected chi connectivity index (χ1v) is 12.7. The number of amides is 1. The van der Waals surface area contributed by atoms with Gasteiger partial charge in [0.1, 0.15) is 0 Å². The molecule has 0 aromatic heterocycles. The summed E-state index contributed by atoms with van der Waals surface area (Å²) in [6.07, 6.45) is 3.50. The van der Waals surface area contributed by atoms with Gasteiger partial charge in [0.25, 0.3) is 0 Å². The van der Waals surface area contributed by atoms with Gasteiger partial charge in [-0.25, -0.2) is 4.79 Å². The van der Waals surface area contributed by atoms with Crippen molar-refractivity contribution in [3.63, 3.8) is 0 Å². The number of carbonyl (C=O) groups is 2. The van der Waals surface area contributed by atoms with E-state index in [1.807, 2.05) is 19.1 Å². The molecule has 2 N–H and O–H groups in total. The van der Waals surface area contributed by atoms with Gasteiger partial charge in [0.05, 0.1) is 11.0 Å². The lowest BCUT2D eigenvalue weighted by Crippen LogP contribution is -2.45. The number of hydrogen-bond donors (Lipinski definition) is 2. The number of aromatic carboxylic acids is 1. The second kappa shape index (κ2) is 9.28. The first-order chi connectivity index (χ1) is 16.8. The Morgan fingerprint density at radius 1 is 1.17 bits per heavy atom. The molecule has 1 spiro atoms. The lowest BCUT2D eigenvalue weighted by Gasteiger charge is -2.37. The zero-order valence-electron chi connectivity index (χ0n) is 20.9. The Kier molecular flexibility index (Phi) is 6.32. The maximum Gasteiger partial charge on any atom is 0.336 e. The van der Waals surface area contributed by atoms with Crippen LogP contribution in [0.4, 0.5) is 11.4 Å². The zero-order chi connectivity index (χ0) is 24.7. The molecule has 1 amide bonds. The van der Waals surface area contributed by atoms with Gasteiger partial charge in [-0.1, -0.05) is 12.1 Å². The van der Waals surface area contributed by atoms with Crippen LogP contribution in [0.3, 0.4) is 0 Å². The van der Waals surface area contributed by atoms with Crippen molar-refractivity contribution in [3.8, 4) is 11.1 Å². The molecule has 2 aromatic rings. The smallest absolute Gasteiger partial charge is 0.336 e. The largest absolute Gasteiger partial charge is 0.478 e. The Labute approximate surface area is 207 Å². The normalized spacial score (nSPS) is 20.0. The minimum atomic E-state index is -0.923. The third-order valence-corrected chi connectivity index (χ3v) is 8.28. The number of nitrogens with zero attached hydrogens (tertiary/aromatic N) is 2. The molecule has 7 nitrogen and oxygen atoms in total. The Bertz CT molecular complexity index is 1150. The summed E-state index contributed by atoms with van der Waals surface area (Å²) in [5, 5.41) is 13.1. The van der Waals surface area contributed by atoms with Crippen molar-refractivity contribution in [3.05, 3.63) is 47.0 Å². The Hall–Kier alpha value is -2.90. The summed E-state index contributed by atoms with van der Waals surface area (Å²) in [5.41, 5.74) is 5.32. The van der Waals surface area contributed by atoms with E-state index in [1.165, 1.54) is 0 Å². The first kappa shape index (κ1) is 23.8. The van der Waals surface area contributed by atoms with Gasteiger partial charge in [-0.3, -0.25) is 4.79 Å². The first-order valence-electron chi connectivity index (χ1n) is 12.7. The fourth-order valence-electron chi connectivity index (χ4n) is 6.11. The van der Waals surface area contributed by atoms with Crippen molar-refractivity contribution in [2.75, 3.05) is 50.1 Å². The van der Waals surface area contributed by atoms with Gasteiger partial charge >= 0.3 is 5.97 Å². The lowest BCUT2D eigenvalue weighted by molar-refractivity contribution is -0.122. The molecule has 3 aliphatic rings. The number of ether oxygens (including phenoxy) is 1. The molecule has 0 aliphatic carbocycles. The van der Waals surface area contributed by atoms with Crippen LogP contribution < -0.4 is 10.2 Å². The molecular weight excluding hydrogens is 442 g/mol. The van der Waals surface area contributed by atoms with E-state index in [9.17, 15) is 14.7 Å². The van der Waals surface area contributed by atoms with Crippen LogP contribution in [0, 0.1) is 6.92 Å². The molecule has 3 heterocycles. The van der Waals surface area contributed by atoms with E-state index in [2.05, 4.69) is 41.2 Å². The summed E-state index contributed by atoms with van der Waals surface area (Å²) in [4.78, 5) is 29.9. The SMILES string of the molecule is CCN(c1cc(-c2ccc3c(c2)NC(=O)C32CCN(C)CC2)cc(C(=O)O)c1C)C1CCOCC1. The fourth-order valence-corrected chi connectivity index (χ4v) is 6.11. The van der Waals surface area contributed by atoms with Crippen LogP contribution in [0.2, 0.25) is 0 Å². The number of anilines is 2. The van der Waals surface area contributed by atoms with E-state index >= 15 is 0 Å². The fraction of sp³-hybridized carbons (Fsp3) is 0.500. The maximum atomic E-state index is 13.1. The van der Waals surface area contributed by atoms with Gasteiger partial charge in [-0.15, -0.1) is 0 Å². The average Bonchev–Trinajstić information content (AvgIpc) is 3.13. The molecule has 7 heteroatoms. The van der Waals surface area contributed by atoms with E-state index in [-0.39, 0.29) is 5.91 Å². The number of nitrogens with one attached hydrogen (secondary N) is 1. The highest BCUT2D eigenvalue weighted by Gasteiger charge is 2.48. The predicted molar refractivity (Wildman–Crippen MR) is 137 cm³/mol. The average molecular weight is 478 g/mol. The number of likely N-dealkylation sites (tertiary alicyclic amines) is 1. The molecule has 2 aromatic carbocycles. The summed E-state index contributed by atoms with van der Waals surface area (Å²) in [6.45, 7) is 8.08. The molecule has 0 saturated carbocycles. The van der Waals surface area contributed by atoms with Crippen molar-refractivity contribution >= 4 is 23.3 Å². The number of carbonyl (C=O) groups excluding carboxylic acids is 1. The highest BCUT2D eigenvalue weighted by atomic mass is 16.5. The molecule has 0 atom stereocenters. The van der Waals surface area contributed by atoms with Crippen LogP contribution in [-0.4, -0.2) is 67.8 Å². The van der Waals surface area contributed by atoms with Crippen molar-refractivity contribution in [1.82, 2.24) is 4.90 Å². The van der Waals surface area contributed by atoms with Gasteiger partial charge < -0.3 is 25.0 Å². The van der Waals surface area contributed by atoms with E-state index in [1.54, 1.807) is 6.07 Å². The van der Waals surface area contributed by atoms with E-state index in [0.29, 0.717) is 11.6 Å². The Morgan fingerprint density at radius 3 is 2.54 bits per heavy atom. The van der Waals surface area contributed by atoms with Crippen molar-refractivity contribution in [1.29, 1.82) is 0 Å². The molecule has 0 bridgehead atoms. The summed E-state index contributed by atoms with van der Waals surface area (Å²) in [5.74, 6) is -0.835. The number of fused-ring (bicyclic) bond motifs is 2. The van der Waals surface area contributed by atoms with E-state index in [0.717, 1.165) is 92.2 Å². The third kappa shape index (κ3) is 4.10. The molecule has 35 heavy (non-hydrogen) atoms. The van der Waals surface area contributed by atoms with Crippen molar-refractivity contribution < 1.29 is 19.4 Å². The second-order valence-electron chi connectivity index (χ2n) is 10.2. The standard InChI is InChI=1S/C28H35N3O4/c1-4-31(21-7-13-35-14-8-21)25-17-20(15-22(18(25)2)26(32)33)19-5-6-23-24(16-19)29-27(34)28(23)9-11-30(3)12-10-28/h5-6,15-17,21H,4,7-14H2,1-3H3,(H,29,34)(H,32,33). The van der Waals surface area contributed by atoms with Gasteiger partial charge in [-0.05, 0) is 100 Å². The molecular formula is C28H35N3O4. The molecule has 0 radical (unpaired) electrons. The number of carboxylic acids is 1. The van der Waals surface area contributed by atoms with Crippen LogP contribution in [0.15, 0.2) is 30.3 Å². The topological polar surface area (TPSA) is 82.1 Å². The monoisotopic (exact) mass is 477 g/mol. The molecule has 2 fully saturated rings. The van der Waals surface area contributed by atoms with E-state index in [4.69, 9.17) is 4.74 Å². The minimum absolute atomic E-state index is 0.0882. The minimum Gasteiger partial charge on any atom is -0.478 e. The van der Waals surface area contributed by atoms with Crippen LogP contribution in [0.1, 0.15) is 54.1 Å². The second-order valence-corrected chi connectivity index (χ2v) is 10.2. The zero-order valence-corrected chi connectivity index (χ0v) is 20.9. The molecule has 2 saturated heterocycles. The van der Waals surface area contributed by atoms with Gasteiger partial charge in [0.15, 0.2) is 0 Å². The van der Waals surface area contributed by atoms with Crippen LogP contribution in [0.5, 0.6) is 0 Å². The van der Waals surface area contributed by atoms with Gasteiger partial charge in [-0.2, -0.15) is 0 Å². The highest BCUT2D eigenvalue weighted by molar-refractivity contribution is 6.07. The van der Waals surface area contributed by atoms with Gasteiger partial charge in [0.2, 0.25) is 5.91 Å². The quantitative estimate of drug-likeness (QED) is 0.669. The van der Waals surface area contributed by atoms with Crippen LogP contribution in [0.25, 0.3) is 11.1 Å². The summed E-state index contributed by atoms with van der Waals surface area (Å²) < 4.78 is 5.56. The van der Waals surface area contributed by atoms with E-state index < -0.39 is 11.4 Å². The number of carboxylic acid groups (broad SMARTS) is 1. The molecule has 186 valence electrons. The number of benzene rings is 2. The number of hydrogen-bond acceptors (Lipinski definition) is 5. The highest BCUT2D eigenvalue weighted by Crippen LogP contribution is 2.46. The van der Waals surface area contributed by atoms with Crippen molar-refractivity contribution in [2.24, 2.45) is 0 Å². The number of piperidine rings is 1. The lowest BCUT2D eigenvalue weighted by atomic mass is 9.73. The Balaban J connectivity index is 1.56. The molecule has 0 unspecified atom stereocenters. The van der Waals surface area contributed by atoms with Crippen LogP contribution in [-0.2, 0) is 14.9 Å². The predicted octanol–water partition coefficient (Wildman–Crippen LogP) is 4.28. The third-order valence-electron chi connectivity index (χ3n) is 8.28. The van der Waals surface area contributed by atoms with Crippen LogP contribution >= 0.6 is 0 Å². The number of rotatable bonds is 5. The molecule has 5 rings (SSSR count).